The van der Waals surface area contributed by atoms with E-state index in [0.29, 0.717) is 12.5 Å². The number of rotatable bonds is 8. The molecule has 170 valence electrons. The molecule has 0 bridgehead atoms. The molecule has 2 aromatic rings. The Hall–Kier alpha value is -2.05. The zero-order valence-corrected chi connectivity index (χ0v) is 18.5. The molecule has 6 heteroatoms. The summed E-state index contributed by atoms with van der Waals surface area (Å²) in [5.74, 6) is 0.792. The minimum Gasteiger partial charge on any atom is -0.494 e. The number of aromatic nitrogens is 1. The van der Waals surface area contributed by atoms with Crippen molar-refractivity contribution in [3.8, 4) is 11.8 Å². The Balaban J connectivity index is 1.22. The molecule has 2 heterocycles. The molecule has 4 rings (SSSR count). The Bertz CT molecular complexity index is 827. The Morgan fingerprint density at radius 2 is 1.55 bits per heavy atom. The topological polar surface area (TPSA) is 57.9 Å². The van der Waals surface area contributed by atoms with Gasteiger partial charge in [-0.15, -0.1) is 0 Å². The average Bonchev–Trinajstić information content (AvgIpc) is 3.04. The van der Waals surface area contributed by atoms with E-state index >= 15 is 0 Å². The minimum absolute atomic E-state index is 0.0217. The number of hydrogen-bond donors (Lipinski definition) is 2. The fourth-order valence-corrected chi connectivity index (χ4v) is 5.37. The van der Waals surface area contributed by atoms with E-state index in [0.717, 1.165) is 87.7 Å². The third-order valence-electron chi connectivity index (χ3n) is 7.14. The quantitative estimate of drug-likeness (QED) is 0.591. The van der Waals surface area contributed by atoms with Crippen LogP contribution in [0.3, 0.4) is 0 Å². The lowest BCUT2D eigenvalue weighted by molar-refractivity contribution is 0.0199. The zero-order valence-electron chi connectivity index (χ0n) is 18.5. The zero-order chi connectivity index (χ0) is 21.8. The van der Waals surface area contributed by atoms with Gasteiger partial charge in [-0.2, -0.15) is 0 Å². The molecule has 1 aromatic carbocycles. The summed E-state index contributed by atoms with van der Waals surface area (Å²) in [5, 5.41) is 21.0. The number of nitrogens with zero attached hydrogens (tertiary/aromatic N) is 2. The van der Waals surface area contributed by atoms with Crippen LogP contribution in [0.5, 0.6) is 11.8 Å². The number of likely N-dealkylation sites (tertiary alicyclic amines) is 1. The maximum atomic E-state index is 13.2. The molecule has 0 radical (unpaired) electrons. The van der Waals surface area contributed by atoms with Crippen LogP contribution in [0.15, 0.2) is 24.3 Å². The van der Waals surface area contributed by atoms with Gasteiger partial charge < -0.3 is 19.8 Å². The summed E-state index contributed by atoms with van der Waals surface area (Å²) < 4.78 is 20.7. The number of halogens is 1. The summed E-state index contributed by atoms with van der Waals surface area (Å²) in [6.45, 7) is 3.78. The van der Waals surface area contributed by atoms with Crippen LogP contribution in [0.1, 0.15) is 61.3 Å². The maximum Gasteiger partial charge on any atom is 0.197 e. The third-order valence-corrected chi connectivity index (χ3v) is 7.14. The summed E-state index contributed by atoms with van der Waals surface area (Å²) >= 11 is 0. The molecule has 0 spiro atoms. The second kappa shape index (κ2) is 10.0. The van der Waals surface area contributed by atoms with E-state index in [1.807, 2.05) is 12.1 Å². The van der Waals surface area contributed by atoms with Gasteiger partial charge in [-0.1, -0.05) is 12.1 Å². The summed E-state index contributed by atoms with van der Waals surface area (Å²) in [6.07, 6.45) is 8.06. The first-order valence-corrected chi connectivity index (χ1v) is 11.7. The van der Waals surface area contributed by atoms with Crippen LogP contribution in [0.2, 0.25) is 0 Å². The average molecular weight is 431 g/mol. The molecule has 1 aromatic heterocycles. The molecule has 1 saturated heterocycles. The van der Waals surface area contributed by atoms with Crippen LogP contribution < -0.4 is 0 Å². The second-order valence-corrected chi connectivity index (χ2v) is 9.06. The number of unbranched alkanes of at least 4 members (excludes halogenated alkanes) is 1. The fourth-order valence-electron chi connectivity index (χ4n) is 5.37. The number of ether oxygens (including phenoxy) is 1. The molecule has 0 amide bonds. The number of benzene rings is 1. The van der Waals surface area contributed by atoms with Crippen molar-refractivity contribution in [1.29, 1.82) is 0 Å². The first-order valence-electron chi connectivity index (χ1n) is 11.7. The first-order chi connectivity index (χ1) is 15.1. The van der Waals surface area contributed by atoms with Crippen LogP contribution in [0, 0.1) is 11.7 Å². The van der Waals surface area contributed by atoms with Gasteiger partial charge in [0.1, 0.15) is 5.82 Å². The van der Waals surface area contributed by atoms with Gasteiger partial charge in [0.05, 0.1) is 6.10 Å². The van der Waals surface area contributed by atoms with Crippen molar-refractivity contribution in [3.63, 3.8) is 0 Å². The first kappa shape index (κ1) is 22.2. The van der Waals surface area contributed by atoms with Crippen molar-refractivity contribution in [2.24, 2.45) is 5.92 Å². The Labute approximate surface area is 184 Å². The number of aromatic hydroxyl groups is 2. The highest BCUT2D eigenvalue weighted by atomic mass is 19.1. The van der Waals surface area contributed by atoms with Crippen LogP contribution in [-0.4, -0.2) is 46.4 Å². The Morgan fingerprint density at radius 1 is 0.968 bits per heavy atom. The molecular weight excluding hydrogens is 395 g/mol. The highest BCUT2D eigenvalue weighted by Crippen LogP contribution is 2.39. The number of fused-ring (bicyclic) bond motifs is 1. The Morgan fingerprint density at radius 3 is 2.13 bits per heavy atom. The van der Waals surface area contributed by atoms with Gasteiger partial charge >= 0.3 is 0 Å². The van der Waals surface area contributed by atoms with Gasteiger partial charge in [-0.25, -0.2) is 4.39 Å². The molecule has 1 atom stereocenters. The van der Waals surface area contributed by atoms with E-state index in [-0.39, 0.29) is 23.7 Å². The van der Waals surface area contributed by atoms with E-state index in [1.54, 1.807) is 11.7 Å². The van der Waals surface area contributed by atoms with E-state index in [1.165, 1.54) is 12.1 Å². The lowest BCUT2D eigenvalue weighted by Crippen LogP contribution is -2.36. The lowest BCUT2D eigenvalue weighted by Gasteiger charge is -2.35. The van der Waals surface area contributed by atoms with Crippen LogP contribution in [0.25, 0.3) is 0 Å². The maximum absolute atomic E-state index is 13.2. The molecule has 1 fully saturated rings. The SMILES string of the molecule is COC(c1ccc(F)cc1)C1CCN(CCCCn2c(O)c3c(c2O)CCCC3)CC1. The predicted octanol–water partition coefficient (Wildman–Crippen LogP) is 4.80. The number of hydrogen-bond acceptors (Lipinski definition) is 4. The molecule has 0 saturated carbocycles. The molecule has 31 heavy (non-hydrogen) atoms. The van der Waals surface area contributed by atoms with E-state index in [4.69, 9.17) is 4.74 Å². The van der Waals surface area contributed by atoms with Crippen LogP contribution in [0.4, 0.5) is 4.39 Å². The standard InChI is InChI=1S/C25H35FN2O3/c1-31-23(18-8-10-20(26)11-9-18)19-12-16-27(17-13-19)14-4-5-15-28-24(29)21-6-2-3-7-22(21)25(28)30/h8-11,19,23,29-30H,2-7,12-17H2,1H3. The largest absolute Gasteiger partial charge is 0.494 e. The highest BCUT2D eigenvalue weighted by Gasteiger charge is 2.28. The molecule has 1 unspecified atom stereocenters. The second-order valence-electron chi connectivity index (χ2n) is 9.06. The van der Waals surface area contributed by atoms with Crippen LogP contribution in [-0.2, 0) is 24.1 Å². The predicted molar refractivity (Wildman–Crippen MR) is 119 cm³/mol. The van der Waals surface area contributed by atoms with E-state index in [9.17, 15) is 14.6 Å². The van der Waals surface area contributed by atoms with Crippen molar-refractivity contribution in [2.75, 3.05) is 26.7 Å². The van der Waals surface area contributed by atoms with Gasteiger partial charge in [0.25, 0.3) is 0 Å². The lowest BCUT2D eigenvalue weighted by atomic mass is 9.87. The monoisotopic (exact) mass is 430 g/mol. The van der Waals surface area contributed by atoms with Crippen LogP contribution >= 0.6 is 0 Å². The van der Waals surface area contributed by atoms with Gasteiger partial charge in [0.15, 0.2) is 11.8 Å². The van der Waals surface area contributed by atoms with E-state index in [2.05, 4.69) is 4.90 Å². The molecule has 1 aliphatic heterocycles. The molecule has 1 aliphatic carbocycles. The molecule has 2 aliphatic rings. The number of methoxy groups -OCH3 is 1. The molecule has 5 nitrogen and oxygen atoms in total. The van der Waals surface area contributed by atoms with E-state index < -0.39 is 0 Å². The van der Waals surface area contributed by atoms with Gasteiger partial charge in [-0.3, -0.25) is 4.57 Å². The van der Waals surface area contributed by atoms with Gasteiger partial charge in [0, 0.05) is 24.8 Å². The summed E-state index contributed by atoms with van der Waals surface area (Å²) in [4.78, 5) is 2.49. The van der Waals surface area contributed by atoms with Crippen molar-refractivity contribution in [1.82, 2.24) is 9.47 Å². The fraction of sp³-hybridized carbons (Fsp3) is 0.600. The van der Waals surface area contributed by atoms with Crippen molar-refractivity contribution in [3.05, 3.63) is 46.8 Å². The van der Waals surface area contributed by atoms with Gasteiger partial charge in [0.2, 0.25) is 0 Å². The van der Waals surface area contributed by atoms with Crippen molar-refractivity contribution >= 4 is 0 Å². The van der Waals surface area contributed by atoms with Crippen molar-refractivity contribution in [2.45, 2.75) is 64.0 Å². The highest BCUT2D eigenvalue weighted by molar-refractivity contribution is 5.46. The molecule has 2 N–H and O–H groups in total. The van der Waals surface area contributed by atoms with Gasteiger partial charge in [-0.05, 0) is 94.6 Å². The van der Waals surface area contributed by atoms with Crippen molar-refractivity contribution < 1.29 is 19.3 Å². The normalized spacial score (nSPS) is 18.8. The minimum atomic E-state index is -0.213. The third kappa shape index (κ3) is 4.90. The molecular formula is C25H35FN2O3. The Kier molecular flexibility index (Phi) is 7.18. The number of piperidine rings is 1. The summed E-state index contributed by atoms with van der Waals surface area (Å²) in [5.41, 5.74) is 2.97. The summed E-state index contributed by atoms with van der Waals surface area (Å²) in [6, 6.07) is 6.68. The smallest absolute Gasteiger partial charge is 0.197 e. The summed E-state index contributed by atoms with van der Waals surface area (Å²) in [7, 11) is 1.74.